The number of nitrogens with zero attached hydrogens (tertiary/aromatic N) is 1. The summed E-state index contributed by atoms with van der Waals surface area (Å²) in [5, 5.41) is 3.55. The lowest BCUT2D eigenvalue weighted by Gasteiger charge is -2.07. The molecule has 0 heterocycles. The summed E-state index contributed by atoms with van der Waals surface area (Å²) < 4.78 is 0. The molecule has 1 rings (SSSR count). The Balaban J connectivity index is 2.86. The second kappa shape index (κ2) is 4.72. The summed E-state index contributed by atoms with van der Waals surface area (Å²) in [7, 11) is 1.73. The van der Waals surface area contributed by atoms with Crippen molar-refractivity contribution >= 4 is 18.5 Å². The Bertz CT molecular complexity index is 317. The minimum absolute atomic E-state index is 0.587. The molecule has 1 aromatic rings. The van der Waals surface area contributed by atoms with E-state index in [9.17, 15) is 0 Å². The van der Waals surface area contributed by atoms with Crippen molar-refractivity contribution in [2.45, 2.75) is 0 Å². The quantitative estimate of drug-likeness (QED) is 0.418. The number of hydrogen-bond acceptors (Lipinski definition) is 2. The molecule has 0 fully saturated rings. The molecule has 0 saturated heterocycles. The molecule has 0 bridgehead atoms. The van der Waals surface area contributed by atoms with Crippen LogP contribution in [0.2, 0.25) is 0 Å². The molecule has 68 valence electrons. The Kier molecular flexibility index (Phi) is 3.58. The standard InChI is InChI=1S/C10H12N2S/c1-8(13)12-10(11-2)9-6-4-3-5-7-9/h3-7,13H,1H2,2H3,(H,11,12). The first-order valence-corrected chi connectivity index (χ1v) is 4.36. The summed E-state index contributed by atoms with van der Waals surface area (Å²) in [4.78, 5) is 4.09. The van der Waals surface area contributed by atoms with Gasteiger partial charge in [-0.15, -0.1) is 12.6 Å². The highest BCUT2D eigenvalue weighted by molar-refractivity contribution is 7.84. The summed E-state index contributed by atoms with van der Waals surface area (Å²) in [6.45, 7) is 3.64. The first kappa shape index (κ1) is 9.86. The van der Waals surface area contributed by atoms with E-state index < -0.39 is 0 Å². The van der Waals surface area contributed by atoms with Crippen molar-refractivity contribution in [3.63, 3.8) is 0 Å². The predicted molar refractivity (Wildman–Crippen MR) is 60.2 cm³/mol. The number of hydrogen-bond donors (Lipinski definition) is 2. The first-order valence-electron chi connectivity index (χ1n) is 3.91. The van der Waals surface area contributed by atoms with Gasteiger partial charge in [0.2, 0.25) is 0 Å². The highest BCUT2D eigenvalue weighted by atomic mass is 32.1. The number of thiol groups is 1. The molecule has 0 amide bonds. The molecule has 0 aliphatic carbocycles. The van der Waals surface area contributed by atoms with E-state index in [1.54, 1.807) is 7.05 Å². The van der Waals surface area contributed by atoms with Crippen molar-refractivity contribution in [3.05, 3.63) is 47.5 Å². The second-order valence-electron chi connectivity index (χ2n) is 2.51. The number of nitrogens with one attached hydrogen (secondary N) is 1. The molecule has 1 N–H and O–H groups in total. The lowest BCUT2D eigenvalue weighted by molar-refractivity contribution is 1.21. The molecule has 0 aromatic heterocycles. The van der Waals surface area contributed by atoms with Crippen LogP contribution >= 0.6 is 12.6 Å². The zero-order chi connectivity index (χ0) is 9.68. The van der Waals surface area contributed by atoms with Crippen molar-refractivity contribution < 1.29 is 0 Å². The van der Waals surface area contributed by atoms with E-state index in [1.807, 2.05) is 30.3 Å². The minimum atomic E-state index is 0.587. The average Bonchev–Trinajstić information content (AvgIpc) is 2.15. The maximum absolute atomic E-state index is 4.09. The first-order chi connectivity index (χ1) is 6.24. The van der Waals surface area contributed by atoms with Crippen LogP contribution in [0, 0.1) is 0 Å². The summed E-state index contributed by atoms with van der Waals surface area (Å²) in [6, 6.07) is 9.84. The molecule has 0 spiro atoms. The van der Waals surface area contributed by atoms with Gasteiger partial charge in [-0.05, 0) is 0 Å². The number of rotatable bonds is 2. The largest absolute Gasteiger partial charge is 0.335 e. The molecule has 0 unspecified atom stereocenters. The molecule has 2 nitrogen and oxygen atoms in total. The van der Waals surface area contributed by atoms with Crippen LogP contribution in [-0.2, 0) is 0 Å². The lowest BCUT2D eigenvalue weighted by atomic mass is 10.2. The third-order valence-electron chi connectivity index (χ3n) is 1.53. The highest BCUT2D eigenvalue weighted by Gasteiger charge is 1.99. The minimum Gasteiger partial charge on any atom is -0.335 e. The van der Waals surface area contributed by atoms with Gasteiger partial charge >= 0.3 is 0 Å². The topological polar surface area (TPSA) is 24.4 Å². The third kappa shape index (κ3) is 2.95. The van der Waals surface area contributed by atoms with Crippen LogP contribution in [0.25, 0.3) is 0 Å². The van der Waals surface area contributed by atoms with Crippen molar-refractivity contribution in [3.8, 4) is 0 Å². The molecule has 0 atom stereocenters. The molecule has 3 heteroatoms. The summed E-state index contributed by atoms with van der Waals surface area (Å²) >= 11 is 4.06. The predicted octanol–water partition coefficient (Wildman–Crippen LogP) is 2.05. The van der Waals surface area contributed by atoms with Crippen LogP contribution in [0.5, 0.6) is 0 Å². The van der Waals surface area contributed by atoms with E-state index in [4.69, 9.17) is 0 Å². The van der Waals surface area contributed by atoms with Crippen molar-refractivity contribution in [1.82, 2.24) is 5.32 Å². The normalized spacial score (nSPS) is 11.1. The molecule has 0 saturated carbocycles. The second-order valence-corrected chi connectivity index (χ2v) is 3.05. The van der Waals surface area contributed by atoms with Gasteiger partial charge in [-0.1, -0.05) is 36.9 Å². The van der Waals surface area contributed by atoms with Crippen LogP contribution in [0.15, 0.2) is 46.9 Å². The zero-order valence-corrected chi connectivity index (χ0v) is 8.38. The van der Waals surface area contributed by atoms with Gasteiger partial charge in [-0.3, -0.25) is 4.99 Å². The van der Waals surface area contributed by atoms with Crippen molar-refractivity contribution in [2.24, 2.45) is 4.99 Å². The molecule has 0 radical (unpaired) electrons. The lowest BCUT2D eigenvalue weighted by Crippen LogP contribution is -2.20. The van der Waals surface area contributed by atoms with Gasteiger partial charge < -0.3 is 5.32 Å². The van der Waals surface area contributed by atoms with Gasteiger partial charge in [0.25, 0.3) is 0 Å². The van der Waals surface area contributed by atoms with Crippen molar-refractivity contribution in [1.29, 1.82) is 0 Å². The Morgan fingerprint density at radius 1 is 1.38 bits per heavy atom. The van der Waals surface area contributed by atoms with Gasteiger partial charge in [-0.25, -0.2) is 0 Å². The van der Waals surface area contributed by atoms with E-state index in [-0.39, 0.29) is 0 Å². The SMILES string of the molecule is C=C(S)NC(=NC)c1ccccc1. The Labute approximate surface area is 83.8 Å². The van der Waals surface area contributed by atoms with E-state index in [0.29, 0.717) is 5.03 Å². The van der Waals surface area contributed by atoms with E-state index in [1.165, 1.54) is 0 Å². The van der Waals surface area contributed by atoms with E-state index >= 15 is 0 Å². The van der Waals surface area contributed by atoms with Crippen LogP contribution < -0.4 is 5.32 Å². The van der Waals surface area contributed by atoms with Gasteiger partial charge in [-0.2, -0.15) is 0 Å². The fraction of sp³-hybridized carbons (Fsp3) is 0.100. The van der Waals surface area contributed by atoms with Gasteiger partial charge in [0.1, 0.15) is 5.84 Å². The van der Waals surface area contributed by atoms with Crippen LogP contribution in [0.1, 0.15) is 5.56 Å². The molecule has 1 aromatic carbocycles. The third-order valence-corrected chi connectivity index (χ3v) is 1.65. The number of benzene rings is 1. The molecule has 0 aliphatic heterocycles. The van der Waals surface area contributed by atoms with Crippen LogP contribution in [0.4, 0.5) is 0 Å². The highest BCUT2D eigenvalue weighted by Crippen LogP contribution is 2.01. The van der Waals surface area contributed by atoms with Crippen LogP contribution in [0.3, 0.4) is 0 Å². The van der Waals surface area contributed by atoms with Crippen molar-refractivity contribution in [2.75, 3.05) is 7.05 Å². The molecular weight excluding hydrogens is 180 g/mol. The fourth-order valence-corrected chi connectivity index (χ4v) is 1.10. The Morgan fingerprint density at radius 3 is 2.46 bits per heavy atom. The Morgan fingerprint density at radius 2 is 2.00 bits per heavy atom. The zero-order valence-electron chi connectivity index (χ0n) is 7.49. The van der Waals surface area contributed by atoms with Gasteiger partial charge in [0.05, 0.1) is 5.03 Å². The molecule has 13 heavy (non-hydrogen) atoms. The summed E-state index contributed by atoms with van der Waals surface area (Å²) in [5.74, 6) is 0.778. The Hall–Kier alpha value is -1.22. The summed E-state index contributed by atoms with van der Waals surface area (Å²) in [5.41, 5.74) is 1.03. The average molecular weight is 192 g/mol. The van der Waals surface area contributed by atoms with Gasteiger partial charge in [0.15, 0.2) is 0 Å². The number of aliphatic imine (C=N–C) groups is 1. The number of amidine groups is 1. The maximum atomic E-state index is 4.09. The monoisotopic (exact) mass is 192 g/mol. The van der Waals surface area contributed by atoms with Crippen LogP contribution in [-0.4, -0.2) is 12.9 Å². The fourth-order valence-electron chi connectivity index (χ4n) is 0.990. The smallest absolute Gasteiger partial charge is 0.132 e. The summed E-state index contributed by atoms with van der Waals surface area (Å²) in [6.07, 6.45) is 0. The molecular formula is C10H12N2S. The maximum Gasteiger partial charge on any atom is 0.132 e. The van der Waals surface area contributed by atoms with E-state index in [0.717, 1.165) is 11.4 Å². The van der Waals surface area contributed by atoms with Gasteiger partial charge in [0, 0.05) is 12.6 Å². The molecule has 0 aliphatic rings. The van der Waals surface area contributed by atoms with E-state index in [2.05, 4.69) is 29.5 Å².